The van der Waals surface area contributed by atoms with E-state index < -0.39 is 10.0 Å². The first-order valence-corrected chi connectivity index (χ1v) is 9.57. The van der Waals surface area contributed by atoms with Crippen molar-refractivity contribution in [2.45, 2.75) is 11.8 Å². The standard InChI is InChI=1S/C20H17N3O2S/c1-14-7-10-17(11-8-14)26(24,25)23-19-12-9-16(21)13-18(19)20(22-23)15-5-3-2-4-6-15/h2-13H,21H2,1H3. The Hall–Kier alpha value is -3.12. The smallest absolute Gasteiger partial charge is 0.283 e. The van der Waals surface area contributed by atoms with Gasteiger partial charge in [-0.15, -0.1) is 0 Å². The molecule has 0 fully saturated rings. The summed E-state index contributed by atoms with van der Waals surface area (Å²) in [5.74, 6) is 0. The predicted molar refractivity (Wildman–Crippen MR) is 103 cm³/mol. The number of nitrogen functional groups attached to an aromatic ring is 1. The Balaban J connectivity index is 2.01. The van der Waals surface area contributed by atoms with Crippen LogP contribution in [0.4, 0.5) is 5.69 Å². The summed E-state index contributed by atoms with van der Waals surface area (Å²) in [4.78, 5) is 0.198. The zero-order valence-corrected chi connectivity index (χ0v) is 14.9. The summed E-state index contributed by atoms with van der Waals surface area (Å²) >= 11 is 0. The second-order valence-corrected chi connectivity index (χ2v) is 7.92. The first-order chi connectivity index (χ1) is 12.5. The van der Waals surface area contributed by atoms with E-state index >= 15 is 0 Å². The molecule has 0 atom stereocenters. The third-order valence-corrected chi connectivity index (χ3v) is 5.87. The number of benzene rings is 3. The molecule has 1 heterocycles. The monoisotopic (exact) mass is 363 g/mol. The Morgan fingerprint density at radius 2 is 1.62 bits per heavy atom. The molecule has 26 heavy (non-hydrogen) atoms. The van der Waals surface area contributed by atoms with Gasteiger partial charge < -0.3 is 5.73 Å². The molecule has 0 aliphatic rings. The SMILES string of the molecule is Cc1ccc(S(=O)(=O)n2nc(-c3ccccc3)c3cc(N)ccc32)cc1. The van der Waals surface area contributed by atoms with Gasteiger partial charge in [0.2, 0.25) is 0 Å². The average molecular weight is 363 g/mol. The predicted octanol–water partition coefficient (Wildman–Crippen LogP) is 3.83. The fraction of sp³-hybridized carbons (Fsp3) is 0.0500. The van der Waals surface area contributed by atoms with Gasteiger partial charge in [0.15, 0.2) is 0 Å². The number of rotatable bonds is 3. The third kappa shape index (κ3) is 2.64. The van der Waals surface area contributed by atoms with E-state index in [0.717, 1.165) is 15.2 Å². The van der Waals surface area contributed by atoms with E-state index in [2.05, 4.69) is 5.10 Å². The lowest BCUT2D eigenvalue weighted by molar-refractivity contribution is 0.582. The lowest BCUT2D eigenvalue weighted by Gasteiger charge is -2.06. The van der Waals surface area contributed by atoms with Crippen LogP contribution in [0.3, 0.4) is 0 Å². The van der Waals surface area contributed by atoms with Gasteiger partial charge in [0, 0.05) is 16.6 Å². The highest BCUT2D eigenvalue weighted by molar-refractivity contribution is 7.90. The van der Waals surface area contributed by atoms with Gasteiger partial charge in [-0.05, 0) is 37.3 Å². The Morgan fingerprint density at radius 1 is 0.923 bits per heavy atom. The van der Waals surface area contributed by atoms with Crippen LogP contribution in [0, 0.1) is 6.92 Å². The molecule has 0 radical (unpaired) electrons. The lowest BCUT2D eigenvalue weighted by Crippen LogP contribution is -2.14. The van der Waals surface area contributed by atoms with Crippen LogP contribution in [0.15, 0.2) is 77.7 Å². The summed E-state index contributed by atoms with van der Waals surface area (Å²) in [7, 11) is -3.82. The molecule has 0 aliphatic heterocycles. The number of nitrogens with two attached hydrogens (primary N) is 1. The van der Waals surface area contributed by atoms with Crippen LogP contribution < -0.4 is 5.73 Å². The van der Waals surface area contributed by atoms with Crippen molar-refractivity contribution in [2.75, 3.05) is 5.73 Å². The molecule has 0 bridgehead atoms. The minimum absolute atomic E-state index is 0.198. The van der Waals surface area contributed by atoms with Crippen molar-refractivity contribution in [1.29, 1.82) is 0 Å². The Labute approximate surface area is 151 Å². The summed E-state index contributed by atoms with van der Waals surface area (Å²) in [5.41, 5.74) is 9.40. The fourth-order valence-electron chi connectivity index (χ4n) is 2.91. The molecule has 4 aromatic rings. The molecule has 1 aromatic heterocycles. The molecule has 0 amide bonds. The Morgan fingerprint density at radius 3 is 2.31 bits per heavy atom. The van der Waals surface area contributed by atoms with Crippen molar-refractivity contribution >= 4 is 26.6 Å². The van der Waals surface area contributed by atoms with Gasteiger partial charge in [0.1, 0.15) is 5.69 Å². The number of aromatic nitrogens is 2. The quantitative estimate of drug-likeness (QED) is 0.561. The molecule has 0 unspecified atom stereocenters. The molecule has 5 nitrogen and oxygen atoms in total. The van der Waals surface area contributed by atoms with E-state index in [9.17, 15) is 8.42 Å². The number of aryl methyl sites for hydroxylation is 1. The zero-order valence-electron chi connectivity index (χ0n) is 14.1. The van der Waals surface area contributed by atoms with Gasteiger partial charge in [0.25, 0.3) is 10.0 Å². The first kappa shape index (κ1) is 16.4. The van der Waals surface area contributed by atoms with Crippen molar-refractivity contribution in [3.05, 3.63) is 78.4 Å². The minimum atomic E-state index is -3.82. The van der Waals surface area contributed by atoms with Gasteiger partial charge in [-0.2, -0.15) is 17.6 Å². The van der Waals surface area contributed by atoms with E-state index in [1.165, 1.54) is 0 Å². The number of hydrogen-bond acceptors (Lipinski definition) is 4. The summed E-state index contributed by atoms with van der Waals surface area (Å²) < 4.78 is 27.4. The van der Waals surface area contributed by atoms with Crippen LogP contribution in [-0.2, 0) is 10.0 Å². The van der Waals surface area contributed by atoms with E-state index in [1.54, 1.807) is 42.5 Å². The van der Waals surface area contributed by atoms with Gasteiger partial charge in [-0.3, -0.25) is 0 Å². The van der Waals surface area contributed by atoms with Crippen LogP contribution in [0.25, 0.3) is 22.2 Å². The number of hydrogen-bond donors (Lipinski definition) is 1. The van der Waals surface area contributed by atoms with Crippen molar-refractivity contribution in [2.24, 2.45) is 0 Å². The fourth-order valence-corrected chi connectivity index (χ4v) is 4.20. The number of nitrogens with zero attached hydrogens (tertiary/aromatic N) is 2. The van der Waals surface area contributed by atoms with Crippen LogP contribution in [-0.4, -0.2) is 17.6 Å². The molecule has 6 heteroatoms. The Bertz CT molecular complexity index is 1200. The van der Waals surface area contributed by atoms with Crippen LogP contribution in [0.2, 0.25) is 0 Å². The van der Waals surface area contributed by atoms with Crippen molar-refractivity contribution in [3.63, 3.8) is 0 Å². The maximum Gasteiger partial charge on any atom is 0.283 e. The molecular weight excluding hydrogens is 346 g/mol. The molecule has 130 valence electrons. The van der Waals surface area contributed by atoms with E-state index in [-0.39, 0.29) is 4.90 Å². The number of fused-ring (bicyclic) bond motifs is 1. The van der Waals surface area contributed by atoms with Gasteiger partial charge >= 0.3 is 0 Å². The van der Waals surface area contributed by atoms with E-state index in [1.807, 2.05) is 37.3 Å². The van der Waals surface area contributed by atoms with Crippen LogP contribution >= 0.6 is 0 Å². The second-order valence-electron chi connectivity index (χ2n) is 6.15. The van der Waals surface area contributed by atoms with E-state index in [0.29, 0.717) is 22.3 Å². The molecule has 4 rings (SSSR count). The highest BCUT2D eigenvalue weighted by Gasteiger charge is 2.23. The molecule has 0 saturated carbocycles. The summed E-state index contributed by atoms with van der Waals surface area (Å²) in [6.45, 7) is 1.91. The van der Waals surface area contributed by atoms with Crippen LogP contribution in [0.5, 0.6) is 0 Å². The highest BCUT2D eigenvalue weighted by Crippen LogP contribution is 2.31. The van der Waals surface area contributed by atoms with Crippen molar-refractivity contribution in [1.82, 2.24) is 9.19 Å². The minimum Gasteiger partial charge on any atom is -0.399 e. The topological polar surface area (TPSA) is 78.0 Å². The molecule has 0 aliphatic carbocycles. The first-order valence-electron chi connectivity index (χ1n) is 8.13. The zero-order chi connectivity index (χ0) is 18.3. The number of anilines is 1. The molecule has 3 aromatic carbocycles. The van der Waals surface area contributed by atoms with Crippen molar-refractivity contribution < 1.29 is 8.42 Å². The highest BCUT2D eigenvalue weighted by atomic mass is 32.2. The maximum absolute atomic E-state index is 13.2. The average Bonchev–Trinajstić information content (AvgIpc) is 3.02. The van der Waals surface area contributed by atoms with Gasteiger partial charge in [-0.25, -0.2) is 0 Å². The molecule has 0 saturated heterocycles. The summed E-state index contributed by atoms with van der Waals surface area (Å²) in [6.07, 6.45) is 0. The van der Waals surface area contributed by atoms with Gasteiger partial charge in [0.05, 0.1) is 10.4 Å². The van der Waals surface area contributed by atoms with Crippen molar-refractivity contribution in [3.8, 4) is 11.3 Å². The summed E-state index contributed by atoms with van der Waals surface area (Å²) in [6, 6.07) is 21.3. The molecule has 2 N–H and O–H groups in total. The Kier molecular flexibility index (Phi) is 3.77. The van der Waals surface area contributed by atoms with Crippen LogP contribution in [0.1, 0.15) is 5.56 Å². The van der Waals surface area contributed by atoms with Gasteiger partial charge in [-0.1, -0.05) is 48.0 Å². The maximum atomic E-state index is 13.2. The second kappa shape index (κ2) is 6.00. The third-order valence-electron chi connectivity index (χ3n) is 4.27. The largest absolute Gasteiger partial charge is 0.399 e. The molecule has 0 spiro atoms. The lowest BCUT2D eigenvalue weighted by atomic mass is 10.1. The summed E-state index contributed by atoms with van der Waals surface area (Å²) in [5, 5.41) is 5.15. The van der Waals surface area contributed by atoms with E-state index in [4.69, 9.17) is 5.73 Å². The molecular formula is C20H17N3O2S. The normalized spacial score (nSPS) is 11.7.